The summed E-state index contributed by atoms with van der Waals surface area (Å²) in [5.41, 5.74) is 2.20. The molecule has 0 saturated heterocycles. The van der Waals surface area contributed by atoms with Gasteiger partial charge in [-0.25, -0.2) is 4.79 Å². The van der Waals surface area contributed by atoms with Gasteiger partial charge in [0.2, 0.25) is 0 Å². The van der Waals surface area contributed by atoms with Gasteiger partial charge in [-0.3, -0.25) is 4.79 Å². The fourth-order valence-corrected chi connectivity index (χ4v) is 3.23. The van der Waals surface area contributed by atoms with Gasteiger partial charge in [0.05, 0.1) is 12.7 Å². The first-order chi connectivity index (χ1) is 13.9. The third-order valence-electron chi connectivity index (χ3n) is 4.45. The van der Waals surface area contributed by atoms with Gasteiger partial charge < -0.3 is 19.3 Å². The van der Waals surface area contributed by atoms with Crippen molar-refractivity contribution >= 4 is 18.0 Å². The van der Waals surface area contributed by atoms with E-state index in [9.17, 15) is 14.7 Å². The lowest BCUT2D eigenvalue weighted by Crippen LogP contribution is -2.21. The van der Waals surface area contributed by atoms with Gasteiger partial charge in [-0.1, -0.05) is 18.2 Å². The number of hydrogen-bond acceptors (Lipinski definition) is 6. The van der Waals surface area contributed by atoms with E-state index in [4.69, 9.17) is 14.2 Å². The van der Waals surface area contributed by atoms with Gasteiger partial charge in [0, 0.05) is 11.6 Å². The standard InChI is InChI=1S/C23H24O6/c1-4-27-23(26)21-18-13-15(6-12-20(25)28-14(2)3)5-11-19(18)29-22(21)16-7-9-17(24)10-8-16/h5-14,21-22,24H,4H2,1-3H3/b12-6+/t21-,22+/m0/s1. The van der Waals surface area contributed by atoms with E-state index in [1.54, 1.807) is 63.2 Å². The van der Waals surface area contributed by atoms with Crippen LogP contribution in [-0.2, 0) is 19.1 Å². The van der Waals surface area contributed by atoms with Crippen LogP contribution < -0.4 is 4.74 Å². The van der Waals surface area contributed by atoms with E-state index in [0.717, 1.165) is 11.1 Å². The number of ether oxygens (including phenoxy) is 3. The second-order valence-corrected chi connectivity index (χ2v) is 6.98. The third kappa shape index (κ3) is 4.77. The summed E-state index contributed by atoms with van der Waals surface area (Å²) in [6.45, 7) is 5.58. The summed E-state index contributed by atoms with van der Waals surface area (Å²) < 4.78 is 16.4. The molecule has 1 N–H and O–H groups in total. The van der Waals surface area contributed by atoms with Gasteiger partial charge in [-0.15, -0.1) is 0 Å². The number of phenolic OH excluding ortho intramolecular Hbond substituents is 1. The molecule has 2 atom stereocenters. The molecule has 0 bridgehead atoms. The van der Waals surface area contributed by atoms with Crippen molar-refractivity contribution in [3.05, 3.63) is 65.2 Å². The normalized spacial score (nSPS) is 17.8. The van der Waals surface area contributed by atoms with E-state index in [1.807, 2.05) is 6.07 Å². The number of fused-ring (bicyclic) bond motifs is 1. The van der Waals surface area contributed by atoms with Gasteiger partial charge in [0.1, 0.15) is 23.5 Å². The van der Waals surface area contributed by atoms with Gasteiger partial charge >= 0.3 is 11.9 Å². The quantitative estimate of drug-likeness (QED) is 0.584. The van der Waals surface area contributed by atoms with Crippen LogP contribution in [0.3, 0.4) is 0 Å². The fraction of sp³-hybridized carbons (Fsp3) is 0.304. The Labute approximate surface area is 169 Å². The summed E-state index contributed by atoms with van der Waals surface area (Å²) >= 11 is 0. The maximum Gasteiger partial charge on any atom is 0.331 e. The van der Waals surface area contributed by atoms with E-state index in [0.29, 0.717) is 11.3 Å². The van der Waals surface area contributed by atoms with Crippen molar-refractivity contribution in [2.45, 2.75) is 38.9 Å². The molecule has 0 spiro atoms. The predicted octanol–water partition coefficient (Wildman–Crippen LogP) is 4.14. The molecule has 2 aromatic rings. The lowest BCUT2D eigenvalue weighted by molar-refractivity contribution is -0.146. The number of aromatic hydroxyl groups is 1. The Hall–Kier alpha value is -3.28. The molecular weight excluding hydrogens is 372 g/mol. The fourth-order valence-electron chi connectivity index (χ4n) is 3.23. The van der Waals surface area contributed by atoms with E-state index < -0.39 is 18.0 Å². The molecule has 1 heterocycles. The number of carbonyl (C=O) groups excluding carboxylic acids is 2. The van der Waals surface area contributed by atoms with Crippen molar-refractivity contribution in [2.75, 3.05) is 6.61 Å². The topological polar surface area (TPSA) is 82.1 Å². The van der Waals surface area contributed by atoms with Gasteiger partial charge in [-0.05, 0) is 62.2 Å². The van der Waals surface area contributed by atoms with Crippen molar-refractivity contribution in [1.82, 2.24) is 0 Å². The van der Waals surface area contributed by atoms with Crippen LogP contribution in [0.25, 0.3) is 6.08 Å². The first-order valence-corrected chi connectivity index (χ1v) is 9.54. The molecule has 1 aliphatic heterocycles. The first kappa shape index (κ1) is 20.5. The minimum Gasteiger partial charge on any atom is -0.508 e. The molecule has 6 heteroatoms. The first-order valence-electron chi connectivity index (χ1n) is 9.54. The highest BCUT2D eigenvalue weighted by Gasteiger charge is 2.41. The summed E-state index contributed by atoms with van der Waals surface area (Å²) in [6.07, 6.45) is 2.24. The number of hydrogen-bond donors (Lipinski definition) is 1. The molecule has 0 unspecified atom stereocenters. The average molecular weight is 396 g/mol. The Kier molecular flexibility index (Phi) is 6.22. The minimum atomic E-state index is -0.648. The van der Waals surface area contributed by atoms with Crippen LogP contribution >= 0.6 is 0 Å². The monoisotopic (exact) mass is 396 g/mol. The van der Waals surface area contributed by atoms with Crippen LogP contribution in [0.5, 0.6) is 11.5 Å². The second kappa shape index (κ2) is 8.82. The second-order valence-electron chi connectivity index (χ2n) is 6.98. The summed E-state index contributed by atoms with van der Waals surface area (Å²) in [6, 6.07) is 11.9. The van der Waals surface area contributed by atoms with Crippen LogP contribution in [0, 0.1) is 0 Å². The number of carbonyl (C=O) groups is 2. The number of benzene rings is 2. The summed E-state index contributed by atoms with van der Waals surface area (Å²) in [7, 11) is 0. The average Bonchev–Trinajstić information content (AvgIpc) is 3.05. The highest BCUT2D eigenvalue weighted by molar-refractivity contribution is 5.87. The molecular formula is C23H24O6. The van der Waals surface area contributed by atoms with E-state index in [2.05, 4.69) is 0 Å². The predicted molar refractivity (Wildman–Crippen MR) is 108 cm³/mol. The lowest BCUT2D eigenvalue weighted by atomic mass is 9.90. The molecule has 6 nitrogen and oxygen atoms in total. The lowest BCUT2D eigenvalue weighted by Gasteiger charge is -2.18. The maximum atomic E-state index is 12.7. The number of esters is 2. The van der Waals surface area contributed by atoms with Crippen molar-refractivity contribution in [3.8, 4) is 11.5 Å². The van der Waals surface area contributed by atoms with Gasteiger partial charge in [0.25, 0.3) is 0 Å². The zero-order valence-electron chi connectivity index (χ0n) is 16.6. The van der Waals surface area contributed by atoms with Crippen molar-refractivity contribution in [2.24, 2.45) is 0 Å². The molecule has 0 aromatic heterocycles. The van der Waals surface area contributed by atoms with Crippen LogP contribution in [0.4, 0.5) is 0 Å². The van der Waals surface area contributed by atoms with E-state index >= 15 is 0 Å². The number of phenols is 1. The Bertz CT molecular complexity index is 913. The molecule has 0 radical (unpaired) electrons. The Balaban J connectivity index is 1.92. The molecule has 0 fully saturated rings. The molecule has 0 amide bonds. The van der Waals surface area contributed by atoms with E-state index in [1.165, 1.54) is 6.08 Å². The van der Waals surface area contributed by atoms with Crippen molar-refractivity contribution in [3.63, 3.8) is 0 Å². The van der Waals surface area contributed by atoms with Crippen LogP contribution in [0.2, 0.25) is 0 Å². The zero-order chi connectivity index (χ0) is 21.0. The maximum absolute atomic E-state index is 12.7. The molecule has 0 aliphatic carbocycles. The van der Waals surface area contributed by atoms with Crippen molar-refractivity contribution < 1.29 is 28.9 Å². The van der Waals surface area contributed by atoms with Crippen LogP contribution in [0.1, 0.15) is 49.5 Å². The Morgan fingerprint density at radius 1 is 1.17 bits per heavy atom. The molecule has 1 aliphatic rings. The molecule has 29 heavy (non-hydrogen) atoms. The smallest absolute Gasteiger partial charge is 0.331 e. The van der Waals surface area contributed by atoms with E-state index in [-0.39, 0.29) is 24.4 Å². The highest BCUT2D eigenvalue weighted by atomic mass is 16.5. The van der Waals surface area contributed by atoms with Crippen molar-refractivity contribution in [1.29, 1.82) is 0 Å². The molecule has 152 valence electrons. The number of rotatable bonds is 6. The van der Waals surface area contributed by atoms with Gasteiger partial charge in [-0.2, -0.15) is 0 Å². The SMILES string of the molecule is CCOC(=O)[C@H]1c2cc(/C=C/C(=O)OC(C)C)ccc2O[C@@H]1c1ccc(O)cc1. The van der Waals surface area contributed by atoms with Crippen LogP contribution in [0.15, 0.2) is 48.5 Å². The zero-order valence-corrected chi connectivity index (χ0v) is 16.6. The highest BCUT2D eigenvalue weighted by Crippen LogP contribution is 2.47. The third-order valence-corrected chi connectivity index (χ3v) is 4.45. The molecule has 2 aromatic carbocycles. The van der Waals surface area contributed by atoms with Crippen LogP contribution in [-0.4, -0.2) is 29.8 Å². The molecule has 0 saturated carbocycles. The summed E-state index contributed by atoms with van der Waals surface area (Å²) in [5, 5.41) is 9.55. The van der Waals surface area contributed by atoms with Gasteiger partial charge in [0.15, 0.2) is 0 Å². The Morgan fingerprint density at radius 3 is 2.55 bits per heavy atom. The largest absolute Gasteiger partial charge is 0.508 e. The summed E-state index contributed by atoms with van der Waals surface area (Å²) in [4.78, 5) is 24.5. The summed E-state index contributed by atoms with van der Waals surface area (Å²) in [5.74, 6) is -0.739. The molecule has 3 rings (SSSR count). The minimum absolute atomic E-state index is 0.137. The Morgan fingerprint density at radius 2 is 1.90 bits per heavy atom.